The zero-order valence-electron chi connectivity index (χ0n) is 9.45. The molecular formula is C8H10ClN5O3S. The number of halogens is 1. The van der Waals surface area contributed by atoms with Crippen LogP contribution in [0.1, 0.15) is 4.88 Å². The Kier molecular flexibility index (Phi) is 3.94. The Bertz CT molecular complexity index is 479. The molecule has 0 saturated carbocycles. The molecule has 0 unspecified atom stereocenters. The zero-order valence-corrected chi connectivity index (χ0v) is 11.0. The molecule has 1 saturated heterocycles. The van der Waals surface area contributed by atoms with Crippen LogP contribution >= 0.6 is 22.9 Å². The predicted molar refractivity (Wildman–Crippen MR) is 65.7 cm³/mol. The van der Waals surface area contributed by atoms with E-state index in [0.717, 1.165) is 4.88 Å². The number of ether oxygens (including phenoxy) is 1. The molecule has 0 spiro atoms. The van der Waals surface area contributed by atoms with Crippen molar-refractivity contribution in [2.75, 3.05) is 20.5 Å². The maximum atomic E-state index is 10.5. The van der Waals surface area contributed by atoms with Gasteiger partial charge in [-0.1, -0.05) is 11.6 Å². The Labute approximate surface area is 112 Å². The first-order valence-electron chi connectivity index (χ1n) is 4.93. The van der Waals surface area contributed by atoms with Crippen LogP contribution in [0.3, 0.4) is 0 Å². The van der Waals surface area contributed by atoms with Crippen molar-refractivity contribution in [3.8, 4) is 0 Å². The molecule has 1 aliphatic heterocycles. The average Bonchev–Trinajstić information content (AvgIpc) is 2.69. The number of nitrogens with zero attached hydrogens (tertiary/aromatic N) is 5. The van der Waals surface area contributed by atoms with E-state index in [9.17, 15) is 10.1 Å². The molecule has 2 rings (SSSR count). The number of hydrogen-bond donors (Lipinski definition) is 0. The fraction of sp³-hybridized carbons (Fsp3) is 0.500. The van der Waals surface area contributed by atoms with Gasteiger partial charge in [0, 0.05) is 18.1 Å². The SMILES string of the molecule is CN1COCN([13CH2][13c]2[13cH][15n][13c](Cl)s2)C1=N[N+](=O)[O-]. The highest BCUT2D eigenvalue weighted by Crippen LogP contribution is 2.20. The average molecular weight is 297 g/mol. The molecule has 1 aliphatic rings. The Morgan fingerprint density at radius 3 is 3.11 bits per heavy atom. The summed E-state index contributed by atoms with van der Waals surface area (Å²) in [6.07, 6.45) is 1.63. The summed E-state index contributed by atoms with van der Waals surface area (Å²) in [5.74, 6) is 0.260. The third-order valence-electron chi connectivity index (χ3n) is 2.20. The second kappa shape index (κ2) is 5.46. The van der Waals surface area contributed by atoms with Crippen molar-refractivity contribution < 1.29 is 9.77 Å². The van der Waals surface area contributed by atoms with Crippen LogP contribution in [0, 0.1) is 10.1 Å². The maximum Gasteiger partial charge on any atom is 0.277 e. The van der Waals surface area contributed by atoms with Gasteiger partial charge in [-0.05, 0) is 0 Å². The summed E-state index contributed by atoms with van der Waals surface area (Å²) >= 11 is 7.05. The minimum Gasteiger partial charge on any atom is -0.341 e. The minimum absolute atomic E-state index is 0.243. The van der Waals surface area contributed by atoms with Crippen LogP contribution in [0.15, 0.2) is 11.3 Å². The smallest absolute Gasteiger partial charge is 0.277 e. The Morgan fingerprint density at radius 2 is 2.50 bits per heavy atom. The van der Waals surface area contributed by atoms with E-state index < -0.39 is 5.03 Å². The number of aromatic nitrogens is 1. The fourth-order valence-electron chi connectivity index (χ4n) is 1.52. The molecule has 1 aromatic rings. The molecule has 0 aliphatic carbocycles. The van der Waals surface area contributed by atoms with E-state index in [4.69, 9.17) is 16.3 Å². The molecule has 0 atom stereocenters. The van der Waals surface area contributed by atoms with Crippen molar-refractivity contribution in [2.24, 2.45) is 5.10 Å². The first-order chi connectivity index (χ1) is 8.56. The van der Waals surface area contributed by atoms with Crippen molar-refractivity contribution in [2.45, 2.75) is 6.54 Å². The normalized spacial score (nSPS) is 18.4. The van der Waals surface area contributed by atoms with Gasteiger partial charge < -0.3 is 14.5 Å². The van der Waals surface area contributed by atoms with Gasteiger partial charge in [0.15, 0.2) is 9.50 Å². The number of rotatable bonds is 3. The van der Waals surface area contributed by atoms with Crippen LogP contribution in [0.25, 0.3) is 0 Å². The van der Waals surface area contributed by atoms with Gasteiger partial charge in [0.1, 0.15) is 18.6 Å². The monoisotopic (exact) mass is 296 g/mol. The first kappa shape index (κ1) is 13.0. The third-order valence-corrected chi connectivity index (χ3v) is 3.30. The van der Waals surface area contributed by atoms with Crippen molar-refractivity contribution in [1.82, 2.24) is 14.8 Å². The van der Waals surface area contributed by atoms with Crippen LogP contribution in [-0.4, -0.2) is 46.3 Å². The standard InChI is InChI=1S/C8H10ClN5O3S/c1-12-4-17-5-13(8(12)11-14(15)16)3-6-2-10-7(9)18-6/h2H,3-5H2,1H3/i2+1,3+1,6+1,7+1,10+1. The van der Waals surface area contributed by atoms with E-state index in [0.29, 0.717) is 11.0 Å². The summed E-state index contributed by atoms with van der Waals surface area (Å²) in [6, 6.07) is 0. The lowest BCUT2D eigenvalue weighted by Gasteiger charge is -2.34. The summed E-state index contributed by atoms with van der Waals surface area (Å²) in [5.41, 5.74) is 0. The molecule has 8 nitrogen and oxygen atoms in total. The molecular weight excluding hydrogens is 287 g/mol. The van der Waals surface area contributed by atoms with Crippen LogP contribution in [-0.2, 0) is 11.3 Å². The van der Waals surface area contributed by atoms with Crippen molar-refractivity contribution in [3.05, 3.63) is 25.7 Å². The molecule has 98 valence electrons. The van der Waals surface area contributed by atoms with Crippen LogP contribution in [0.5, 0.6) is 0 Å². The molecule has 0 bridgehead atoms. The number of hydrogen-bond acceptors (Lipinski definition) is 5. The van der Waals surface area contributed by atoms with Crippen LogP contribution in [0.2, 0.25) is 4.47 Å². The second-order valence-corrected chi connectivity index (χ2v) is 5.27. The summed E-state index contributed by atoms with van der Waals surface area (Å²) < 4.78 is 5.72. The number of guanidine groups is 1. The lowest BCUT2D eigenvalue weighted by atomic mass is 10.7. The number of thiazole rings is 1. The van der Waals surface area contributed by atoms with Crippen molar-refractivity contribution in [1.29, 1.82) is 0 Å². The van der Waals surface area contributed by atoms with Gasteiger partial charge in [0.2, 0.25) is 0 Å². The van der Waals surface area contributed by atoms with E-state index >= 15 is 0 Å². The molecule has 1 fully saturated rings. The lowest BCUT2D eigenvalue weighted by Crippen LogP contribution is -2.49. The Morgan fingerprint density at radius 1 is 1.72 bits per heavy atom. The zero-order chi connectivity index (χ0) is 13.1. The van der Waals surface area contributed by atoms with Gasteiger partial charge in [0.25, 0.3) is 5.96 Å². The quantitative estimate of drug-likeness (QED) is 0.470. The van der Waals surface area contributed by atoms with E-state index in [2.05, 4.69) is 10.1 Å². The number of hydrazone groups is 1. The van der Waals surface area contributed by atoms with Crippen LogP contribution in [0.4, 0.5) is 0 Å². The molecule has 0 N–H and O–H groups in total. The minimum atomic E-state index is -0.718. The van der Waals surface area contributed by atoms with Crippen molar-refractivity contribution in [3.63, 3.8) is 0 Å². The molecule has 0 radical (unpaired) electrons. The highest BCUT2D eigenvalue weighted by Gasteiger charge is 2.25. The molecule has 10 heteroatoms. The summed E-state index contributed by atoms with van der Waals surface area (Å²) in [5, 5.41) is 13.2. The van der Waals surface area contributed by atoms with E-state index in [1.54, 1.807) is 23.0 Å². The van der Waals surface area contributed by atoms with Crippen molar-refractivity contribution >= 4 is 28.9 Å². The van der Waals surface area contributed by atoms with Gasteiger partial charge in [-0.2, -0.15) is 0 Å². The van der Waals surface area contributed by atoms with Gasteiger partial charge in [-0.25, -0.2) is 15.1 Å². The largest absolute Gasteiger partial charge is 0.341 e. The second-order valence-electron chi connectivity index (χ2n) is 3.58. The van der Waals surface area contributed by atoms with Gasteiger partial charge in [-0.15, -0.1) is 11.3 Å². The Balaban J connectivity index is 2.15. The molecule has 0 aromatic carbocycles. The predicted octanol–water partition coefficient (Wildman–Crippen LogP) is 1.02. The molecule has 18 heavy (non-hydrogen) atoms. The first-order valence-corrected chi connectivity index (χ1v) is 6.12. The van der Waals surface area contributed by atoms with Gasteiger partial charge >= 0.3 is 0 Å². The summed E-state index contributed by atoms with van der Waals surface area (Å²) in [7, 11) is 1.67. The van der Waals surface area contributed by atoms with E-state index in [1.807, 2.05) is 0 Å². The van der Waals surface area contributed by atoms with Crippen LogP contribution < -0.4 is 0 Å². The third kappa shape index (κ3) is 3.06. The highest BCUT2D eigenvalue weighted by atomic mass is 35.5. The maximum absolute atomic E-state index is 10.5. The molecule has 2 heterocycles. The topological polar surface area (TPSA) is 84.1 Å². The lowest BCUT2D eigenvalue weighted by molar-refractivity contribution is -0.486. The summed E-state index contributed by atoms with van der Waals surface area (Å²) in [4.78, 5) is 18.5. The fourth-order valence-corrected chi connectivity index (χ4v) is 2.51. The van der Waals surface area contributed by atoms with Gasteiger partial charge in [0.05, 0.1) is 6.54 Å². The number of nitro groups is 1. The molecule has 1 aromatic heterocycles. The van der Waals surface area contributed by atoms with Gasteiger partial charge in [-0.3, -0.25) is 0 Å². The van der Waals surface area contributed by atoms with E-state index in [1.165, 1.54) is 11.3 Å². The highest BCUT2D eigenvalue weighted by molar-refractivity contribution is 7.15. The summed E-state index contributed by atoms with van der Waals surface area (Å²) in [6.45, 7) is 0.931. The molecule has 0 amide bonds. The Hall–Kier alpha value is -1.45. The van der Waals surface area contributed by atoms with E-state index in [-0.39, 0.29) is 19.4 Å².